The number of aromatic amines is 1. The van der Waals surface area contributed by atoms with Crippen molar-refractivity contribution in [3.8, 4) is 11.3 Å². The maximum absolute atomic E-state index is 12.9. The van der Waals surface area contributed by atoms with Gasteiger partial charge in [0, 0.05) is 46.9 Å². The molecule has 4 nitrogen and oxygen atoms in total. The number of aromatic nitrogens is 2. The van der Waals surface area contributed by atoms with E-state index in [1.165, 1.54) is 0 Å². The molecule has 0 bridgehead atoms. The Morgan fingerprint density at radius 1 is 1.20 bits per heavy atom. The van der Waals surface area contributed by atoms with Crippen LogP contribution in [0.3, 0.4) is 0 Å². The number of halogens is 1. The molecule has 1 aliphatic rings. The van der Waals surface area contributed by atoms with Gasteiger partial charge < -0.3 is 4.90 Å². The highest BCUT2D eigenvalue weighted by molar-refractivity contribution is 6.30. The number of carbonyl (C=O) groups is 1. The summed E-state index contributed by atoms with van der Waals surface area (Å²) in [6, 6.07) is 15.4. The van der Waals surface area contributed by atoms with Crippen LogP contribution in [-0.4, -0.2) is 27.5 Å². The fourth-order valence-electron chi connectivity index (χ4n) is 3.33. The van der Waals surface area contributed by atoms with E-state index < -0.39 is 0 Å². The third-order valence-electron chi connectivity index (χ3n) is 4.69. The molecule has 0 spiro atoms. The standard InChI is InChI=1S/C20H18ClN3O/c1-13-5-2-3-8-16(13)20(25)24-10-9-18-17(12-24)19(23-22-18)14-6-4-7-15(21)11-14/h2-8,11H,9-10,12H2,1H3,(H,22,23). The lowest BCUT2D eigenvalue weighted by Gasteiger charge is -2.28. The van der Waals surface area contributed by atoms with Crippen molar-refractivity contribution in [1.82, 2.24) is 15.1 Å². The molecule has 5 heteroatoms. The van der Waals surface area contributed by atoms with Gasteiger partial charge in [-0.25, -0.2) is 0 Å². The van der Waals surface area contributed by atoms with Gasteiger partial charge in [0.05, 0.1) is 5.69 Å². The highest BCUT2D eigenvalue weighted by Crippen LogP contribution is 2.30. The number of benzene rings is 2. The number of rotatable bonds is 2. The van der Waals surface area contributed by atoms with Gasteiger partial charge in [0.15, 0.2) is 0 Å². The minimum absolute atomic E-state index is 0.0713. The van der Waals surface area contributed by atoms with Gasteiger partial charge in [-0.2, -0.15) is 5.10 Å². The molecule has 2 aromatic carbocycles. The summed E-state index contributed by atoms with van der Waals surface area (Å²) >= 11 is 6.12. The summed E-state index contributed by atoms with van der Waals surface area (Å²) in [6.45, 7) is 3.22. The van der Waals surface area contributed by atoms with Crippen molar-refractivity contribution in [2.75, 3.05) is 6.54 Å². The highest BCUT2D eigenvalue weighted by Gasteiger charge is 2.26. The van der Waals surface area contributed by atoms with Crippen LogP contribution in [0.15, 0.2) is 48.5 Å². The van der Waals surface area contributed by atoms with Gasteiger partial charge >= 0.3 is 0 Å². The van der Waals surface area contributed by atoms with Crippen LogP contribution in [0.1, 0.15) is 27.2 Å². The molecule has 3 aromatic rings. The molecule has 0 saturated carbocycles. The van der Waals surface area contributed by atoms with Gasteiger partial charge in [-0.05, 0) is 30.7 Å². The van der Waals surface area contributed by atoms with E-state index in [9.17, 15) is 4.79 Å². The van der Waals surface area contributed by atoms with Crippen LogP contribution in [0.2, 0.25) is 5.02 Å². The predicted molar refractivity (Wildman–Crippen MR) is 98.7 cm³/mol. The number of carbonyl (C=O) groups excluding carboxylic acids is 1. The van der Waals surface area contributed by atoms with Crippen LogP contribution in [0.25, 0.3) is 11.3 Å². The van der Waals surface area contributed by atoms with Crippen molar-refractivity contribution in [3.05, 3.63) is 75.9 Å². The Morgan fingerprint density at radius 2 is 2.04 bits per heavy atom. The van der Waals surface area contributed by atoms with Crippen molar-refractivity contribution in [2.24, 2.45) is 0 Å². The molecule has 1 amide bonds. The zero-order valence-electron chi connectivity index (χ0n) is 13.9. The van der Waals surface area contributed by atoms with Gasteiger partial charge in [-0.3, -0.25) is 9.89 Å². The monoisotopic (exact) mass is 351 g/mol. The van der Waals surface area contributed by atoms with Gasteiger partial charge in [0.25, 0.3) is 5.91 Å². The van der Waals surface area contributed by atoms with Crippen molar-refractivity contribution in [1.29, 1.82) is 0 Å². The molecular weight excluding hydrogens is 334 g/mol. The average molecular weight is 352 g/mol. The Morgan fingerprint density at radius 3 is 2.84 bits per heavy atom. The summed E-state index contributed by atoms with van der Waals surface area (Å²) in [5, 5.41) is 8.27. The first-order chi connectivity index (χ1) is 12.1. The molecule has 2 heterocycles. The molecule has 1 aliphatic heterocycles. The molecule has 0 aliphatic carbocycles. The van der Waals surface area contributed by atoms with E-state index in [1.807, 2.05) is 60.4 Å². The van der Waals surface area contributed by atoms with Crippen molar-refractivity contribution < 1.29 is 4.79 Å². The maximum Gasteiger partial charge on any atom is 0.254 e. The molecule has 0 radical (unpaired) electrons. The summed E-state index contributed by atoms with van der Waals surface area (Å²) in [5.41, 5.74) is 5.79. The summed E-state index contributed by atoms with van der Waals surface area (Å²) in [7, 11) is 0. The van der Waals surface area contributed by atoms with Crippen LogP contribution in [0.5, 0.6) is 0 Å². The highest BCUT2D eigenvalue weighted by atomic mass is 35.5. The number of hydrogen-bond donors (Lipinski definition) is 1. The topological polar surface area (TPSA) is 49.0 Å². The molecule has 0 saturated heterocycles. The minimum atomic E-state index is 0.0713. The zero-order valence-corrected chi connectivity index (χ0v) is 14.7. The van der Waals surface area contributed by atoms with Crippen LogP contribution in [0.4, 0.5) is 0 Å². The van der Waals surface area contributed by atoms with Crippen LogP contribution < -0.4 is 0 Å². The van der Waals surface area contributed by atoms with E-state index in [1.54, 1.807) is 0 Å². The molecule has 4 rings (SSSR count). The molecule has 1 aromatic heterocycles. The van der Waals surface area contributed by atoms with Gasteiger partial charge in [-0.15, -0.1) is 0 Å². The largest absolute Gasteiger partial charge is 0.334 e. The molecule has 0 fully saturated rings. The summed E-state index contributed by atoms with van der Waals surface area (Å²) in [4.78, 5) is 14.8. The number of nitrogens with one attached hydrogen (secondary N) is 1. The van der Waals surface area contributed by atoms with Crippen molar-refractivity contribution >= 4 is 17.5 Å². The SMILES string of the molecule is Cc1ccccc1C(=O)N1CCc2[nH]nc(-c3cccc(Cl)c3)c2C1. The first-order valence-corrected chi connectivity index (χ1v) is 8.68. The van der Waals surface area contributed by atoms with E-state index in [-0.39, 0.29) is 5.91 Å². The van der Waals surface area contributed by atoms with Gasteiger partial charge in [0.2, 0.25) is 0 Å². The lowest BCUT2D eigenvalue weighted by Crippen LogP contribution is -2.36. The van der Waals surface area contributed by atoms with Crippen molar-refractivity contribution in [3.63, 3.8) is 0 Å². The summed E-state index contributed by atoms with van der Waals surface area (Å²) < 4.78 is 0. The van der Waals surface area contributed by atoms with E-state index >= 15 is 0 Å². The second-order valence-electron chi connectivity index (χ2n) is 6.33. The maximum atomic E-state index is 12.9. The Hall–Kier alpha value is -2.59. The third kappa shape index (κ3) is 2.94. The molecule has 25 heavy (non-hydrogen) atoms. The number of H-pyrrole nitrogens is 1. The van der Waals surface area contributed by atoms with Crippen molar-refractivity contribution in [2.45, 2.75) is 19.9 Å². The van der Waals surface area contributed by atoms with E-state index in [0.29, 0.717) is 18.1 Å². The summed E-state index contributed by atoms with van der Waals surface area (Å²) in [5.74, 6) is 0.0713. The lowest BCUT2D eigenvalue weighted by molar-refractivity contribution is 0.0734. The van der Waals surface area contributed by atoms with E-state index in [0.717, 1.165) is 40.1 Å². The molecule has 0 unspecified atom stereocenters. The normalized spacial score (nSPS) is 13.6. The first-order valence-electron chi connectivity index (χ1n) is 8.30. The minimum Gasteiger partial charge on any atom is -0.334 e. The number of fused-ring (bicyclic) bond motifs is 1. The van der Waals surface area contributed by atoms with Crippen LogP contribution in [-0.2, 0) is 13.0 Å². The first kappa shape index (κ1) is 15.9. The second kappa shape index (κ2) is 6.37. The number of hydrogen-bond acceptors (Lipinski definition) is 2. The molecule has 126 valence electrons. The van der Waals surface area contributed by atoms with E-state index in [4.69, 9.17) is 11.6 Å². The number of aryl methyl sites for hydroxylation is 1. The number of amides is 1. The summed E-state index contributed by atoms with van der Waals surface area (Å²) in [6.07, 6.45) is 0.778. The zero-order chi connectivity index (χ0) is 17.4. The molecule has 1 N–H and O–H groups in total. The van der Waals surface area contributed by atoms with Crippen LogP contribution >= 0.6 is 11.6 Å². The Kier molecular flexibility index (Phi) is 4.06. The Bertz CT molecular complexity index is 948. The molecular formula is C20H18ClN3O. The fraction of sp³-hybridized carbons (Fsp3) is 0.200. The lowest BCUT2D eigenvalue weighted by atomic mass is 9.99. The molecule has 0 atom stereocenters. The smallest absolute Gasteiger partial charge is 0.254 e. The van der Waals surface area contributed by atoms with Crippen LogP contribution in [0, 0.1) is 6.92 Å². The third-order valence-corrected chi connectivity index (χ3v) is 4.93. The predicted octanol–water partition coefficient (Wildman–Crippen LogP) is 4.24. The quantitative estimate of drug-likeness (QED) is 0.750. The fourth-order valence-corrected chi connectivity index (χ4v) is 3.52. The Balaban J connectivity index is 1.66. The Labute approximate surface area is 151 Å². The van der Waals surface area contributed by atoms with E-state index in [2.05, 4.69) is 10.2 Å². The second-order valence-corrected chi connectivity index (χ2v) is 6.77. The van der Waals surface area contributed by atoms with Gasteiger partial charge in [-0.1, -0.05) is 41.9 Å². The van der Waals surface area contributed by atoms with Gasteiger partial charge in [0.1, 0.15) is 0 Å². The average Bonchev–Trinajstić information content (AvgIpc) is 3.05. The number of nitrogens with zero attached hydrogens (tertiary/aromatic N) is 2.